The second kappa shape index (κ2) is 8.54. The second-order valence-corrected chi connectivity index (χ2v) is 5.04. The Balaban J connectivity index is 3.01. The minimum Gasteiger partial charge on any atom is -0.467 e. The molecule has 0 unspecified atom stereocenters. The molecule has 0 bridgehead atoms. The van der Waals surface area contributed by atoms with E-state index in [2.05, 4.69) is 15.4 Å². The minimum atomic E-state index is -0.947. The molecule has 1 aromatic rings. The van der Waals surface area contributed by atoms with Crippen LogP contribution in [-0.2, 0) is 14.3 Å². The van der Waals surface area contributed by atoms with Crippen LogP contribution in [0.5, 0.6) is 0 Å². The summed E-state index contributed by atoms with van der Waals surface area (Å²) < 4.78 is 4.68. The highest BCUT2D eigenvalue weighted by atomic mass is 16.5. The van der Waals surface area contributed by atoms with Crippen LogP contribution in [0.2, 0.25) is 0 Å². The molecule has 1 aromatic carbocycles. The molecule has 23 heavy (non-hydrogen) atoms. The first-order valence-corrected chi connectivity index (χ1v) is 7.03. The van der Waals surface area contributed by atoms with Gasteiger partial charge in [0.1, 0.15) is 6.04 Å². The maximum Gasteiger partial charge on any atom is 0.328 e. The number of carbonyl (C=O) groups is 3. The first-order valence-electron chi connectivity index (χ1n) is 7.03. The molecule has 122 valence electrons. The Bertz CT molecular complexity index is 636. The summed E-state index contributed by atoms with van der Waals surface area (Å²) in [6.45, 7) is 3.01. The number of methoxy groups -OCH3 is 1. The van der Waals surface area contributed by atoms with Gasteiger partial charge in [0.25, 0.3) is 5.91 Å². The number of hydrogen-bond acceptors (Lipinski definition) is 5. The summed E-state index contributed by atoms with van der Waals surface area (Å²) in [5, 5.41) is 13.9. The Kier molecular flexibility index (Phi) is 6.74. The third kappa shape index (κ3) is 5.11. The Morgan fingerprint density at radius 3 is 2.52 bits per heavy atom. The zero-order valence-electron chi connectivity index (χ0n) is 13.3. The van der Waals surface area contributed by atoms with E-state index >= 15 is 0 Å². The summed E-state index contributed by atoms with van der Waals surface area (Å²) in [6.07, 6.45) is 0.0907. The number of benzene rings is 1. The lowest BCUT2D eigenvalue weighted by molar-refractivity contribution is -0.144. The quantitative estimate of drug-likeness (QED) is 0.772. The lowest BCUT2D eigenvalue weighted by Crippen LogP contribution is -2.45. The lowest BCUT2D eigenvalue weighted by atomic mass is 9.98. The Labute approximate surface area is 134 Å². The summed E-state index contributed by atoms with van der Waals surface area (Å²) in [4.78, 5) is 35.5. The zero-order valence-corrected chi connectivity index (χ0v) is 13.3. The number of esters is 1. The fourth-order valence-electron chi connectivity index (χ4n) is 2.02. The van der Waals surface area contributed by atoms with Crippen molar-refractivity contribution in [2.75, 3.05) is 12.4 Å². The van der Waals surface area contributed by atoms with E-state index in [1.54, 1.807) is 25.1 Å². The van der Waals surface area contributed by atoms with E-state index in [0.29, 0.717) is 5.69 Å². The number of nitriles is 1. The van der Waals surface area contributed by atoms with Gasteiger partial charge >= 0.3 is 5.97 Å². The van der Waals surface area contributed by atoms with Crippen LogP contribution >= 0.6 is 0 Å². The number of amides is 2. The number of anilines is 1. The Hall–Kier alpha value is -2.88. The van der Waals surface area contributed by atoms with Crippen molar-refractivity contribution < 1.29 is 19.1 Å². The van der Waals surface area contributed by atoms with Gasteiger partial charge in [-0.05, 0) is 12.1 Å². The molecule has 0 aliphatic heterocycles. The molecule has 0 aromatic heterocycles. The number of carbonyl (C=O) groups excluding carboxylic acids is 3. The molecule has 7 nitrogen and oxygen atoms in total. The fraction of sp³-hybridized carbons (Fsp3) is 0.375. The van der Waals surface area contributed by atoms with Gasteiger partial charge in [-0.2, -0.15) is 5.26 Å². The highest BCUT2D eigenvalue weighted by molar-refractivity contribution is 6.04. The number of hydrogen-bond donors (Lipinski definition) is 2. The predicted octanol–water partition coefficient (Wildman–Crippen LogP) is 1.47. The monoisotopic (exact) mass is 317 g/mol. The molecule has 2 atom stereocenters. The summed E-state index contributed by atoms with van der Waals surface area (Å²) in [5.41, 5.74) is 0.565. The number of ether oxygens (including phenoxy) is 1. The van der Waals surface area contributed by atoms with E-state index in [4.69, 9.17) is 5.26 Å². The lowest BCUT2D eigenvalue weighted by Gasteiger charge is -2.21. The van der Waals surface area contributed by atoms with E-state index in [0.717, 1.165) is 0 Å². The molecule has 0 heterocycles. The highest BCUT2D eigenvalue weighted by Crippen LogP contribution is 2.17. The van der Waals surface area contributed by atoms with E-state index in [9.17, 15) is 14.4 Å². The summed E-state index contributed by atoms with van der Waals surface area (Å²) in [5.74, 6) is -1.88. The van der Waals surface area contributed by atoms with Gasteiger partial charge in [-0.25, -0.2) is 4.79 Å². The van der Waals surface area contributed by atoms with Gasteiger partial charge < -0.3 is 15.4 Å². The molecule has 0 saturated carbocycles. The molecule has 0 radical (unpaired) electrons. The predicted molar refractivity (Wildman–Crippen MR) is 83.4 cm³/mol. The van der Waals surface area contributed by atoms with Crippen LogP contribution in [0.25, 0.3) is 0 Å². The van der Waals surface area contributed by atoms with Crippen LogP contribution in [0.4, 0.5) is 5.69 Å². The van der Waals surface area contributed by atoms with Crippen LogP contribution in [0.15, 0.2) is 24.3 Å². The van der Waals surface area contributed by atoms with Gasteiger partial charge in [0.05, 0.1) is 24.4 Å². The SMILES string of the molecule is COC(=O)[C@H](NC(=O)c1ccccc1NC(C)=O)[C@H](C)CC#N. The molecule has 2 amide bonds. The van der Waals surface area contributed by atoms with E-state index in [1.807, 2.05) is 6.07 Å². The maximum atomic E-state index is 12.4. The van der Waals surface area contributed by atoms with Crippen LogP contribution < -0.4 is 10.6 Å². The van der Waals surface area contributed by atoms with Crippen LogP contribution in [0, 0.1) is 17.2 Å². The molecule has 0 spiro atoms. The zero-order chi connectivity index (χ0) is 17.4. The molecule has 0 aliphatic rings. The molecule has 0 aliphatic carbocycles. The van der Waals surface area contributed by atoms with Gasteiger partial charge in [-0.15, -0.1) is 0 Å². The molecular formula is C16H19N3O4. The summed E-state index contributed by atoms with van der Waals surface area (Å²) in [7, 11) is 1.21. The van der Waals surface area contributed by atoms with Crippen LogP contribution in [0.1, 0.15) is 30.6 Å². The van der Waals surface area contributed by atoms with Crippen LogP contribution in [-0.4, -0.2) is 30.9 Å². The topological polar surface area (TPSA) is 108 Å². The average molecular weight is 317 g/mol. The highest BCUT2D eigenvalue weighted by Gasteiger charge is 2.28. The normalized spacial score (nSPS) is 12.4. The number of rotatable bonds is 6. The van der Waals surface area contributed by atoms with E-state index in [-0.39, 0.29) is 17.9 Å². The third-order valence-corrected chi connectivity index (χ3v) is 3.21. The molecule has 0 saturated heterocycles. The summed E-state index contributed by atoms with van der Waals surface area (Å²) >= 11 is 0. The van der Waals surface area contributed by atoms with Crippen LogP contribution in [0.3, 0.4) is 0 Å². The molecule has 2 N–H and O–H groups in total. The fourth-order valence-corrected chi connectivity index (χ4v) is 2.02. The number of nitrogens with zero attached hydrogens (tertiary/aromatic N) is 1. The first-order chi connectivity index (χ1) is 10.9. The summed E-state index contributed by atoms with van der Waals surface area (Å²) in [6, 6.07) is 7.46. The van der Waals surface area contributed by atoms with Crippen molar-refractivity contribution in [1.29, 1.82) is 5.26 Å². The largest absolute Gasteiger partial charge is 0.467 e. The Morgan fingerprint density at radius 1 is 1.30 bits per heavy atom. The van der Waals surface area contributed by atoms with Crippen molar-refractivity contribution in [3.8, 4) is 6.07 Å². The van der Waals surface area contributed by atoms with Gasteiger partial charge in [0.2, 0.25) is 5.91 Å². The van der Waals surface area contributed by atoms with Gasteiger partial charge in [-0.3, -0.25) is 9.59 Å². The second-order valence-electron chi connectivity index (χ2n) is 5.04. The van der Waals surface area contributed by atoms with E-state index in [1.165, 1.54) is 20.1 Å². The number of para-hydroxylation sites is 1. The van der Waals surface area contributed by atoms with Gasteiger partial charge in [-0.1, -0.05) is 19.1 Å². The van der Waals surface area contributed by atoms with Crippen molar-refractivity contribution in [2.45, 2.75) is 26.3 Å². The average Bonchev–Trinajstić information content (AvgIpc) is 2.51. The third-order valence-electron chi connectivity index (χ3n) is 3.21. The molecule has 1 rings (SSSR count). The first kappa shape index (κ1) is 18.2. The smallest absolute Gasteiger partial charge is 0.328 e. The molecular weight excluding hydrogens is 298 g/mol. The molecule has 7 heteroatoms. The van der Waals surface area contributed by atoms with Crippen molar-refractivity contribution in [3.63, 3.8) is 0 Å². The van der Waals surface area contributed by atoms with Crippen molar-refractivity contribution in [2.24, 2.45) is 5.92 Å². The Morgan fingerprint density at radius 2 is 1.96 bits per heavy atom. The van der Waals surface area contributed by atoms with Gasteiger partial charge in [0.15, 0.2) is 0 Å². The van der Waals surface area contributed by atoms with Crippen molar-refractivity contribution >= 4 is 23.5 Å². The number of nitrogens with one attached hydrogen (secondary N) is 2. The van der Waals surface area contributed by atoms with Gasteiger partial charge in [0, 0.05) is 19.3 Å². The van der Waals surface area contributed by atoms with Crippen molar-refractivity contribution in [1.82, 2.24) is 5.32 Å². The molecule has 0 fully saturated rings. The van der Waals surface area contributed by atoms with E-state index < -0.39 is 23.8 Å². The van der Waals surface area contributed by atoms with Crippen molar-refractivity contribution in [3.05, 3.63) is 29.8 Å². The standard InChI is InChI=1S/C16H19N3O4/c1-10(8-9-17)14(16(22)23-3)19-15(21)12-6-4-5-7-13(12)18-11(2)20/h4-7,10,14H,8H2,1-3H3,(H,18,20)(H,19,21)/t10-,14-/m1/s1. The minimum absolute atomic E-state index is 0.0907. The maximum absolute atomic E-state index is 12.4.